The number of halogens is 5. The fraction of sp³-hybridized carbons (Fsp3) is 0.261. The summed E-state index contributed by atoms with van der Waals surface area (Å²) in [4.78, 5) is 7.51. The highest BCUT2D eigenvalue weighted by atomic mass is 35.5. The van der Waals surface area contributed by atoms with Crippen LogP contribution in [0.5, 0.6) is 11.5 Å². The van der Waals surface area contributed by atoms with Crippen LogP contribution in [0.3, 0.4) is 0 Å². The second kappa shape index (κ2) is 20.1. The molecule has 0 fully saturated rings. The number of hydrogen-bond acceptors (Lipinski definition) is 12. The average Bonchev–Trinajstić information content (AvgIpc) is 3.97. The van der Waals surface area contributed by atoms with E-state index in [-0.39, 0.29) is 63.7 Å². The normalized spacial score (nSPS) is 19.9. The van der Waals surface area contributed by atoms with Crippen molar-refractivity contribution in [2.45, 2.75) is 54.5 Å². The van der Waals surface area contributed by atoms with Gasteiger partial charge < -0.3 is 20.9 Å². The summed E-state index contributed by atoms with van der Waals surface area (Å²) in [6.45, 7) is 1.53. The number of rotatable bonds is 16. The first-order chi connectivity index (χ1) is 32.0. The zero-order chi connectivity index (χ0) is 47.6. The largest absolute Gasteiger partial charge is 0.493 e. The molecule has 67 heavy (non-hydrogen) atoms. The molecule has 0 aliphatic heterocycles. The van der Waals surface area contributed by atoms with Crippen LogP contribution in [0.1, 0.15) is 40.8 Å². The molecule has 0 saturated heterocycles. The van der Waals surface area contributed by atoms with Gasteiger partial charge in [0.1, 0.15) is 44.6 Å². The lowest BCUT2D eigenvalue weighted by Crippen LogP contribution is -2.44. The van der Waals surface area contributed by atoms with Crippen LogP contribution in [0.15, 0.2) is 113 Å². The van der Waals surface area contributed by atoms with Crippen molar-refractivity contribution in [3.8, 4) is 11.5 Å². The zero-order valence-corrected chi connectivity index (χ0v) is 39.5. The van der Waals surface area contributed by atoms with Crippen molar-refractivity contribution in [1.29, 1.82) is 0 Å². The highest BCUT2D eigenvalue weighted by Crippen LogP contribution is 2.40. The molecule has 5 unspecified atom stereocenters. The van der Waals surface area contributed by atoms with Gasteiger partial charge in [-0.3, -0.25) is 9.44 Å². The fourth-order valence-corrected chi connectivity index (χ4v) is 12.7. The number of sulfonamides is 2. The number of thiazole rings is 2. The van der Waals surface area contributed by atoms with E-state index in [1.54, 1.807) is 36.6 Å². The van der Waals surface area contributed by atoms with Crippen LogP contribution in [-0.4, -0.2) is 52.1 Å². The first-order valence-corrected chi connectivity index (χ1v) is 25.9. The van der Waals surface area contributed by atoms with Crippen LogP contribution in [-0.2, 0) is 26.5 Å². The second-order valence-electron chi connectivity index (χ2n) is 16.1. The van der Waals surface area contributed by atoms with E-state index >= 15 is 8.78 Å². The summed E-state index contributed by atoms with van der Waals surface area (Å²) >= 11 is 8.56. The van der Waals surface area contributed by atoms with Gasteiger partial charge in [0, 0.05) is 58.7 Å². The minimum atomic E-state index is -4.54. The maximum absolute atomic E-state index is 15.6. The van der Waals surface area contributed by atoms with Gasteiger partial charge >= 0.3 is 0 Å². The van der Waals surface area contributed by atoms with Crippen molar-refractivity contribution in [2.75, 3.05) is 22.7 Å². The van der Waals surface area contributed by atoms with E-state index in [1.165, 1.54) is 42.7 Å². The summed E-state index contributed by atoms with van der Waals surface area (Å²) in [6.07, 6.45) is 9.11. The summed E-state index contributed by atoms with van der Waals surface area (Å²) in [5, 5.41) is 1.47. The number of anilines is 2. The summed E-state index contributed by atoms with van der Waals surface area (Å²) in [5.74, 6) is -4.03. The highest BCUT2D eigenvalue weighted by molar-refractivity contribution is 7.93. The lowest BCUT2D eigenvalue weighted by Gasteiger charge is -2.36. The Kier molecular flexibility index (Phi) is 14.4. The Labute approximate surface area is 397 Å². The Morgan fingerprint density at radius 1 is 0.761 bits per heavy atom. The molecule has 2 aliphatic rings. The van der Waals surface area contributed by atoms with Gasteiger partial charge in [-0.15, -0.1) is 22.7 Å². The molecule has 21 heteroatoms. The molecule has 352 valence electrons. The standard InChI is InChI=1S/C46H43ClF4N6O6S4/c1-25-17-42(66(58,59)56-45-54-15-16-64-45)37(50)20-40(25)62-24-35-33(27-7-12-30(49)13-8-27)14-9-28(44(35)53)18-31-22-55-46(65-31)57-67(60,61)43-19-36(47)41(21-38(43)51)63-23-34-32(3-2-4-39(34)52)26-5-10-29(48)11-6-26/h3,5-8,10-17,19-22,28,34-35,39,44H,2,4,9,18,23-24,52-53H2,1H3,(H,54,56)(H,55,57). The Morgan fingerprint density at radius 3 is 1.99 bits per heavy atom. The van der Waals surface area contributed by atoms with Crippen molar-refractivity contribution < 1.29 is 43.9 Å². The Balaban J connectivity index is 0.944. The van der Waals surface area contributed by atoms with Gasteiger partial charge in [0.05, 0.1) is 18.2 Å². The quantitative estimate of drug-likeness (QED) is 0.0680. The number of nitrogens with zero attached hydrogens (tertiary/aromatic N) is 2. The molecule has 0 radical (unpaired) electrons. The van der Waals surface area contributed by atoms with Gasteiger partial charge in [0.2, 0.25) is 0 Å². The fourth-order valence-electron chi connectivity index (χ4n) is 8.22. The number of benzene rings is 4. The minimum absolute atomic E-state index is 0.00654. The van der Waals surface area contributed by atoms with E-state index in [0.29, 0.717) is 35.3 Å². The van der Waals surface area contributed by atoms with Crippen LogP contribution >= 0.6 is 34.3 Å². The Hall–Kier alpha value is -5.35. The second-order valence-corrected chi connectivity index (χ2v) is 21.8. The Bertz CT molecular complexity index is 3050. The summed E-state index contributed by atoms with van der Waals surface area (Å²) in [5.41, 5.74) is 16.9. The maximum Gasteiger partial charge on any atom is 0.266 e. The van der Waals surface area contributed by atoms with Gasteiger partial charge in [-0.25, -0.2) is 44.4 Å². The third kappa shape index (κ3) is 11.0. The van der Waals surface area contributed by atoms with E-state index in [4.69, 9.17) is 32.5 Å². The number of nitrogens with one attached hydrogen (secondary N) is 2. The molecule has 5 atom stereocenters. The van der Waals surface area contributed by atoms with E-state index in [2.05, 4.69) is 19.4 Å². The van der Waals surface area contributed by atoms with Crippen molar-refractivity contribution in [3.63, 3.8) is 0 Å². The number of aromatic nitrogens is 2. The molecule has 2 aliphatic carbocycles. The maximum atomic E-state index is 15.6. The number of allylic oxidation sites excluding steroid dienone is 2. The third-order valence-electron chi connectivity index (χ3n) is 11.7. The van der Waals surface area contributed by atoms with Crippen molar-refractivity contribution in [3.05, 3.63) is 153 Å². The van der Waals surface area contributed by atoms with Crippen LogP contribution in [0.2, 0.25) is 5.02 Å². The molecule has 2 heterocycles. The molecule has 8 rings (SSSR count). The molecule has 0 saturated carbocycles. The van der Waals surface area contributed by atoms with Gasteiger partial charge in [0.15, 0.2) is 10.3 Å². The average molecular weight is 1020 g/mol. The minimum Gasteiger partial charge on any atom is -0.493 e. The lowest BCUT2D eigenvalue weighted by atomic mass is 9.74. The summed E-state index contributed by atoms with van der Waals surface area (Å²) in [7, 11) is -8.84. The summed E-state index contributed by atoms with van der Waals surface area (Å²) in [6, 6.07) is 15.0. The molecule has 0 amide bonds. The smallest absolute Gasteiger partial charge is 0.266 e. The van der Waals surface area contributed by atoms with Gasteiger partial charge in [-0.1, -0.05) is 48.0 Å². The first kappa shape index (κ1) is 48.1. The van der Waals surface area contributed by atoms with Crippen LogP contribution in [0, 0.1) is 47.9 Å². The lowest BCUT2D eigenvalue weighted by molar-refractivity contribution is 0.223. The molecular weight excluding hydrogens is 972 g/mol. The monoisotopic (exact) mass is 1010 g/mol. The molecule has 0 spiro atoms. The van der Waals surface area contributed by atoms with Gasteiger partial charge in [-0.2, -0.15) is 0 Å². The van der Waals surface area contributed by atoms with E-state index in [0.717, 1.165) is 64.0 Å². The van der Waals surface area contributed by atoms with E-state index in [9.17, 15) is 25.6 Å². The van der Waals surface area contributed by atoms with Crippen LogP contribution < -0.4 is 30.4 Å². The highest BCUT2D eigenvalue weighted by Gasteiger charge is 2.35. The van der Waals surface area contributed by atoms with Crippen molar-refractivity contribution >= 4 is 75.7 Å². The third-order valence-corrected chi connectivity index (χ3v) is 16.6. The van der Waals surface area contributed by atoms with Crippen molar-refractivity contribution in [2.24, 2.45) is 29.2 Å². The molecule has 0 bridgehead atoms. The molecule has 6 N–H and O–H groups in total. The van der Waals surface area contributed by atoms with E-state index < -0.39 is 59.2 Å². The molecule has 12 nitrogen and oxygen atoms in total. The van der Waals surface area contributed by atoms with Gasteiger partial charge in [-0.05, 0) is 103 Å². The SMILES string of the molecule is Cc1cc(S(=O)(=O)Nc2nccs2)c(F)cc1OCC1C(c2ccc(F)cc2)=CCC(Cc2cnc(NS(=O)(=O)c3cc(Cl)c(OCC4C(c5ccc(F)cc5)=CCCC4N)cc3F)s2)C1N. The molecule has 4 aromatic carbocycles. The van der Waals surface area contributed by atoms with Crippen LogP contribution in [0.25, 0.3) is 11.1 Å². The molecular formula is C46H43ClF4N6O6S4. The number of hydrogen-bond donors (Lipinski definition) is 4. The Morgan fingerprint density at radius 2 is 1.34 bits per heavy atom. The van der Waals surface area contributed by atoms with Gasteiger partial charge in [0.25, 0.3) is 20.0 Å². The molecule has 6 aromatic rings. The molecule has 2 aromatic heterocycles. The predicted octanol–water partition coefficient (Wildman–Crippen LogP) is 9.59. The van der Waals surface area contributed by atoms with Crippen LogP contribution in [0.4, 0.5) is 27.8 Å². The van der Waals surface area contributed by atoms with E-state index in [1.807, 2.05) is 12.2 Å². The predicted molar refractivity (Wildman–Crippen MR) is 252 cm³/mol. The number of nitrogens with two attached hydrogens (primary N) is 2. The topological polar surface area (TPSA) is 189 Å². The first-order valence-electron chi connectivity index (χ1n) is 20.8. The number of ether oxygens (including phenoxy) is 2. The zero-order valence-electron chi connectivity index (χ0n) is 35.5. The van der Waals surface area contributed by atoms with Crippen molar-refractivity contribution in [1.82, 2.24) is 9.97 Å². The number of aryl methyl sites for hydroxylation is 1. The summed E-state index contributed by atoms with van der Waals surface area (Å²) < 4.78 is 128.